The number of piperazine rings is 1. The Morgan fingerprint density at radius 3 is 2.43 bits per heavy atom. The monoisotopic (exact) mass is 395 g/mol. The second-order valence-corrected chi connectivity index (χ2v) is 7.08. The van der Waals surface area contributed by atoms with Gasteiger partial charge in [0.25, 0.3) is 0 Å². The SMILES string of the molecule is Clc1ccc(-c2cnnc(N3CCN(CCOc4ccccc4)CC3)n2)cc1. The maximum Gasteiger partial charge on any atom is 0.245 e. The number of benzene rings is 2. The first kappa shape index (κ1) is 18.7. The molecular weight excluding hydrogens is 374 g/mol. The highest BCUT2D eigenvalue weighted by molar-refractivity contribution is 6.30. The van der Waals surface area contributed by atoms with Crippen LogP contribution >= 0.6 is 11.6 Å². The zero-order valence-corrected chi connectivity index (χ0v) is 16.3. The lowest BCUT2D eigenvalue weighted by molar-refractivity contribution is 0.200. The Morgan fingerprint density at radius 2 is 1.68 bits per heavy atom. The standard InChI is InChI=1S/C21H22ClN5O/c22-18-8-6-17(7-9-18)20-16-23-25-21(24-20)27-12-10-26(11-13-27)14-15-28-19-4-2-1-3-5-19/h1-9,16H,10-15H2. The zero-order valence-electron chi connectivity index (χ0n) is 15.5. The second kappa shape index (κ2) is 8.99. The number of para-hydroxylation sites is 1. The van der Waals surface area contributed by atoms with Crippen molar-refractivity contribution in [3.63, 3.8) is 0 Å². The third kappa shape index (κ3) is 4.77. The fraction of sp³-hybridized carbons (Fsp3) is 0.286. The average Bonchev–Trinajstić information content (AvgIpc) is 2.76. The van der Waals surface area contributed by atoms with E-state index in [-0.39, 0.29) is 0 Å². The third-order valence-electron chi connectivity index (χ3n) is 4.76. The first-order valence-corrected chi connectivity index (χ1v) is 9.76. The summed E-state index contributed by atoms with van der Waals surface area (Å²) in [5, 5.41) is 9.08. The maximum absolute atomic E-state index is 5.97. The maximum atomic E-state index is 5.97. The van der Waals surface area contributed by atoms with Gasteiger partial charge in [-0.05, 0) is 24.3 Å². The van der Waals surface area contributed by atoms with Crippen molar-refractivity contribution in [1.82, 2.24) is 20.1 Å². The summed E-state index contributed by atoms with van der Waals surface area (Å²) in [6, 6.07) is 17.5. The molecule has 28 heavy (non-hydrogen) atoms. The molecule has 0 aliphatic carbocycles. The molecule has 7 heteroatoms. The van der Waals surface area contributed by atoms with E-state index < -0.39 is 0 Å². The van der Waals surface area contributed by atoms with Gasteiger partial charge in [-0.3, -0.25) is 4.90 Å². The number of hydrogen-bond donors (Lipinski definition) is 0. The summed E-state index contributed by atoms with van der Waals surface area (Å²) in [5.74, 6) is 1.59. The quantitative estimate of drug-likeness (QED) is 0.637. The van der Waals surface area contributed by atoms with Crippen LogP contribution in [0.3, 0.4) is 0 Å². The summed E-state index contributed by atoms with van der Waals surface area (Å²) in [6.07, 6.45) is 1.68. The Hall–Kier alpha value is -2.70. The Kier molecular flexibility index (Phi) is 5.99. The molecule has 1 aliphatic heterocycles. The summed E-state index contributed by atoms with van der Waals surface area (Å²) < 4.78 is 5.79. The number of hydrogen-bond acceptors (Lipinski definition) is 6. The van der Waals surface area contributed by atoms with Gasteiger partial charge in [-0.2, -0.15) is 5.10 Å². The molecule has 0 amide bonds. The summed E-state index contributed by atoms with van der Waals surface area (Å²) in [6.45, 7) is 5.24. The topological polar surface area (TPSA) is 54.4 Å². The molecule has 4 rings (SSSR count). The average molecular weight is 396 g/mol. The van der Waals surface area contributed by atoms with Crippen LogP contribution in [0.1, 0.15) is 0 Å². The lowest BCUT2D eigenvalue weighted by atomic mass is 10.2. The minimum Gasteiger partial charge on any atom is -0.492 e. The van der Waals surface area contributed by atoms with Crippen LogP contribution < -0.4 is 9.64 Å². The summed E-state index contributed by atoms with van der Waals surface area (Å²) in [7, 11) is 0. The van der Waals surface area contributed by atoms with Gasteiger partial charge < -0.3 is 9.64 Å². The van der Waals surface area contributed by atoms with Crippen molar-refractivity contribution < 1.29 is 4.74 Å². The number of aromatic nitrogens is 3. The second-order valence-electron chi connectivity index (χ2n) is 6.64. The minimum absolute atomic E-state index is 0.674. The number of ether oxygens (including phenoxy) is 1. The van der Waals surface area contributed by atoms with Crippen LogP contribution in [0.25, 0.3) is 11.3 Å². The molecule has 1 aliphatic rings. The van der Waals surface area contributed by atoms with Crippen LogP contribution in [0.4, 0.5) is 5.95 Å². The molecule has 3 aromatic rings. The number of halogens is 1. The molecule has 1 saturated heterocycles. The van der Waals surface area contributed by atoms with Gasteiger partial charge in [-0.25, -0.2) is 4.98 Å². The van der Waals surface area contributed by atoms with Gasteiger partial charge in [-0.15, -0.1) is 5.10 Å². The fourth-order valence-electron chi connectivity index (χ4n) is 3.17. The third-order valence-corrected chi connectivity index (χ3v) is 5.01. The van der Waals surface area contributed by atoms with Gasteiger partial charge >= 0.3 is 0 Å². The number of anilines is 1. The van der Waals surface area contributed by atoms with E-state index in [4.69, 9.17) is 16.3 Å². The molecule has 0 saturated carbocycles. The van der Waals surface area contributed by atoms with E-state index in [0.717, 1.165) is 49.7 Å². The Bertz CT molecular complexity index is 883. The van der Waals surface area contributed by atoms with E-state index in [2.05, 4.69) is 25.0 Å². The van der Waals surface area contributed by atoms with Crippen LogP contribution in [-0.4, -0.2) is 59.4 Å². The van der Waals surface area contributed by atoms with Gasteiger partial charge in [0, 0.05) is 43.3 Å². The molecule has 0 atom stereocenters. The van der Waals surface area contributed by atoms with E-state index in [1.165, 1.54) is 0 Å². The van der Waals surface area contributed by atoms with Gasteiger partial charge in [0.15, 0.2) is 0 Å². The van der Waals surface area contributed by atoms with Crippen molar-refractivity contribution in [2.75, 3.05) is 44.2 Å². The highest BCUT2D eigenvalue weighted by atomic mass is 35.5. The van der Waals surface area contributed by atoms with Gasteiger partial charge in [0.1, 0.15) is 12.4 Å². The smallest absolute Gasteiger partial charge is 0.245 e. The normalized spacial score (nSPS) is 14.8. The first-order chi connectivity index (χ1) is 13.8. The molecule has 0 spiro atoms. The predicted molar refractivity (Wildman–Crippen MR) is 111 cm³/mol. The zero-order chi connectivity index (χ0) is 19.2. The van der Waals surface area contributed by atoms with Crippen LogP contribution in [0, 0.1) is 0 Å². The molecule has 6 nitrogen and oxygen atoms in total. The Morgan fingerprint density at radius 1 is 0.929 bits per heavy atom. The largest absolute Gasteiger partial charge is 0.492 e. The highest BCUT2D eigenvalue weighted by Crippen LogP contribution is 2.21. The Balaban J connectivity index is 1.30. The molecular formula is C21H22ClN5O. The number of nitrogens with zero attached hydrogens (tertiary/aromatic N) is 5. The minimum atomic E-state index is 0.674. The van der Waals surface area contributed by atoms with Gasteiger partial charge in [-0.1, -0.05) is 41.9 Å². The summed E-state index contributed by atoms with van der Waals surface area (Å²) in [4.78, 5) is 9.27. The van der Waals surface area contributed by atoms with Crippen LogP contribution in [0.15, 0.2) is 60.8 Å². The van der Waals surface area contributed by atoms with Crippen molar-refractivity contribution in [2.24, 2.45) is 0 Å². The van der Waals surface area contributed by atoms with Crippen LogP contribution in [0.2, 0.25) is 5.02 Å². The molecule has 1 aromatic heterocycles. The van der Waals surface area contributed by atoms with E-state index in [1.807, 2.05) is 54.6 Å². The fourth-order valence-corrected chi connectivity index (χ4v) is 3.29. The number of rotatable bonds is 6. The van der Waals surface area contributed by atoms with E-state index in [9.17, 15) is 0 Å². The molecule has 144 valence electrons. The van der Waals surface area contributed by atoms with Gasteiger partial charge in [0.2, 0.25) is 5.95 Å². The molecule has 0 radical (unpaired) electrons. The molecule has 0 N–H and O–H groups in total. The first-order valence-electron chi connectivity index (χ1n) is 9.39. The summed E-state index contributed by atoms with van der Waals surface area (Å²) >= 11 is 5.97. The van der Waals surface area contributed by atoms with Gasteiger partial charge in [0.05, 0.1) is 11.9 Å². The molecule has 0 unspecified atom stereocenters. The van der Waals surface area contributed by atoms with Crippen molar-refractivity contribution >= 4 is 17.5 Å². The summed E-state index contributed by atoms with van der Waals surface area (Å²) in [5.41, 5.74) is 1.79. The molecule has 1 fully saturated rings. The van der Waals surface area contributed by atoms with Crippen molar-refractivity contribution in [1.29, 1.82) is 0 Å². The van der Waals surface area contributed by atoms with Crippen LogP contribution in [-0.2, 0) is 0 Å². The highest BCUT2D eigenvalue weighted by Gasteiger charge is 2.19. The Labute approximate surface area is 169 Å². The lowest BCUT2D eigenvalue weighted by Crippen LogP contribution is -2.48. The van der Waals surface area contributed by atoms with E-state index in [1.54, 1.807) is 6.20 Å². The van der Waals surface area contributed by atoms with Crippen molar-refractivity contribution in [3.05, 3.63) is 65.8 Å². The predicted octanol–water partition coefficient (Wildman–Crippen LogP) is 3.39. The van der Waals surface area contributed by atoms with Crippen molar-refractivity contribution in [2.45, 2.75) is 0 Å². The molecule has 2 heterocycles. The lowest BCUT2D eigenvalue weighted by Gasteiger charge is -2.34. The molecule has 0 bridgehead atoms. The van der Waals surface area contributed by atoms with E-state index >= 15 is 0 Å². The molecule has 2 aromatic carbocycles. The van der Waals surface area contributed by atoms with Crippen LogP contribution in [0.5, 0.6) is 5.75 Å². The van der Waals surface area contributed by atoms with Crippen molar-refractivity contribution in [3.8, 4) is 17.0 Å². The van der Waals surface area contributed by atoms with E-state index in [0.29, 0.717) is 17.6 Å².